The molecule has 1 aliphatic heterocycles. The van der Waals surface area contributed by atoms with E-state index in [0.29, 0.717) is 19.1 Å². The maximum absolute atomic E-state index is 9.10. The maximum atomic E-state index is 9.10. The van der Waals surface area contributed by atoms with Crippen molar-refractivity contribution in [1.29, 1.82) is 0 Å². The number of hydrogen-bond acceptors (Lipinski definition) is 6. The van der Waals surface area contributed by atoms with Crippen LogP contribution in [0, 0.1) is 6.92 Å². The van der Waals surface area contributed by atoms with Gasteiger partial charge >= 0.3 is 11.9 Å². The Kier molecular flexibility index (Phi) is 11.3. The Morgan fingerprint density at radius 3 is 2.17 bits per heavy atom. The monoisotopic (exact) mass is 410 g/mol. The maximum Gasteiger partial charge on any atom is 0.414 e. The lowest BCUT2D eigenvalue weighted by molar-refractivity contribution is -0.159. The molecule has 1 aromatic rings. The molecular formula is C21H34N2O6. The van der Waals surface area contributed by atoms with Crippen molar-refractivity contribution < 1.29 is 29.3 Å². The molecule has 1 fully saturated rings. The number of ether oxygens (including phenoxy) is 2. The van der Waals surface area contributed by atoms with Gasteiger partial charge in [-0.1, -0.05) is 19.9 Å². The summed E-state index contributed by atoms with van der Waals surface area (Å²) in [7, 11) is 2.18. The molecule has 2 N–H and O–H groups in total. The van der Waals surface area contributed by atoms with Crippen molar-refractivity contribution in [3.05, 3.63) is 29.3 Å². The van der Waals surface area contributed by atoms with Gasteiger partial charge in [0.05, 0.1) is 13.2 Å². The van der Waals surface area contributed by atoms with E-state index in [1.807, 2.05) is 0 Å². The second-order valence-electron chi connectivity index (χ2n) is 7.45. The molecule has 8 heteroatoms. The smallest absolute Gasteiger partial charge is 0.414 e. The minimum Gasteiger partial charge on any atom is -0.491 e. The van der Waals surface area contributed by atoms with Gasteiger partial charge in [0, 0.05) is 32.7 Å². The van der Waals surface area contributed by atoms with Crippen LogP contribution in [0.15, 0.2) is 18.2 Å². The molecule has 8 nitrogen and oxygen atoms in total. The lowest BCUT2D eigenvalue weighted by atomic mass is 10.0. The summed E-state index contributed by atoms with van der Waals surface area (Å²) in [5.74, 6) is -2.17. The molecule has 29 heavy (non-hydrogen) atoms. The number of aryl methyl sites for hydroxylation is 1. The van der Waals surface area contributed by atoms with E-state index in [4.69, 9.17) is 29.3 Å². The van der Waals surface area contributed by atoms with Crippen molar-refractivity contribution in [3.63, 3.8) is 0 Å². The van der Waals surface area contributed by atoms with Crippen LogP contribution in [0.3, 0.4) is 0 Å². The predicted molar refractivity (Wildman–Crippen MR) is 111 cm³/mol. The van der Waals surface area contributed by atoms with Gasteiger partial charge in [-0.2, -0.15) is 0 Å². The highest BCUT2D eigenvalue weighted by Gasteiger charge is 2.12. The Morgan fingerprint density at radius 2 is 1.62 bits per heavy atom. The fourth-order valence-corrected chi connectivity index (χ4v) is 2.78. The molecule has 1 aromatic carbocycles. The SMILES string of the molecule is Cc1cc(OCCOCCN2CCN(C)CC2)cc(C(C)C)c1.O=C(O)C(=O)O. The number of likely N-dealkylation sites (N-methyl/N-ethyl adjacent to an activating group) is 1. The van der Waals surface area contributed by atoms with Gasteiger partial charge in [-0.15, -0.1) is 0 Å². The predicted octanol–water partition coefficient (Wildman–Crippen LogP) is 1.92. The summed E-state index contributed by atoms with van der Waals surface area (Å²) in [5.41, 5.74) is 2.58. The largest absolute Gasteiger partial charge is 0.491 e. The van der Waals surface area contributed by atoms with Crippen LogP contribution in [0.1, 0.15) is 30.9 Å². The van der Waals surface area contributed by atoms with E-state index in [2.05, 4.69) is 55.8 Å². The van der Waals surface area contributed by atoms with Crippen molar-refractivity contribution in [1.82, 2.24) is 9.80 Å². The Morgan fingerprint density at radius 1 is 1.00 bits per heavy atom. The summed E-state index contributed by atoms with van der Waals surface area (Å²) in [5, 5.41) is 14.8. The van der Waals surface area contributed by atoms with E-state index in [9.17, 15) is 0 Å². The van der Waals surface area contributed by atoms with Crippen LogP contribution >= 0.6 is 0 Å². The summed E-state index contributed by atoms with van der Waals surface area (Å²) in [6.45, 7) is 14.2. The average molecular weight is 411 g/mol. The molecular weight excluding hydrogens is 376 g/mol. The first kappa shape index (κ1) is 24.9. The number of carboxylic acids is 2. The average Bonchev–Trinajstić information content (AvgIpc) is 2.66. The van der Waals surface area contributed by atoms with Crippen LogP contribution in [0.2, 0.25) is 0 Å². The number of piperazine rings is 1. The number of benzene rings is 1. The zero-order valence-corrected chi connectivity index (χ0v) is 17.9. The van der Waals surface area contributed by atoms with Gasteiger partial charge in [0.2, 0.25) is 0 Å². The molecule has 0 radical (unpaired) electrons. The fourth-order valence-electron chi connectivity index (χ4n) is 2.78. The number of carboxylic acid groups (broad SMARTS) is 2. The molecule has 0 saturated carbocycles. The highest BCUT2D eigenvalue weighted by Crippen LogP contribution is 2.22. The number of carbonyl (C=O) groups is 2. The van der Waals surface area contributed by atoms with Gasteiger partial charge in [0.15, 0.2) is 0 Å². The van der Waals surface area contributed by atoms with Gasteiger partial charge in [-0.05, 0) is 43.1 Å². The van der Waals surface area contributed by atoms with Crippen molar-refractivity contribution in [3.8, 4) is 5.75 Å². The van der Waals surface area contributed by atoms with Crippen LogP contribution in [-0.2, 0) is 14.3 Å². The van der Waals surface area contributed by atoms with Gasteiger partial charge in [-0.25, -0.2) is 9.59 Å². The molecule has 0 bridgehead atoms. The van der Waals surface area contributed by atoms with E-state index in [-0.39, 0.29) is 0 Å². The first-order valence-corrected chi connectivity index (χ1v) is 9.88. The van der Waals surface area contributed by atoms with Crippen molar-refractivity contribution >= 4 is 11.9 Å². The number of rotatable bonds is 8. The van der Waals surface area contributed by atoms with E-state index < -0.39 is 11.9 Å². The first-order valence-electron chi connectivity index (χ1n) is 9.88. The number of aliphatic carboxylic acids is 2. The van der Waals surface area contributed by atoms with E-state index in [1.165, 1.54) is 11.1 Å². The molecule has 0 atom stereocenters. The summed E-state index contributed by atoms with van der Waals surface area (Å²) < 4.78 is 11.6. The molecule has 1 heterocycles. The zero-order chi connectivity index (χ0) is 21.8. The zero-order valence-electron chi connectivity index (χ0n) is 17.9. The number of nitrogens with zero attached hydrogens (tertiary/aromatic N) is 2. The van der Waals surface area contributed by atoms with Crippen LogP contribution < -0.4 is 4.74 Å². The van der Waals surface area contributed by atoms with Gasteiger partial charge < -0.3 is 24.6 Å². The highest BCUT2D eigenvalue weighted by molar-refractivity contribution is 6.27. The first-order chi connectivity index (χ1) is 13.7. The molecule has 0 amide bonds. The second-order valence-corrected chi connectivity index (χ2v) is 7.45. The Labute approximate surface area is 173 Å². The summed E-state index contributed by atoms with van der Waals surface area (Å²) >= 11 is 0. The molecule has 0 aromatic heterocycles. The van der Waals surface area contributed by atoms with Crippen molar-refractivity contribution in [2.45, 2.75) is 26.7 Å². The minimum absolute atomic E-state index is 0.525. The van der Waals surface area contributed by atoms with Crippen LogP contribution in [0.4, 0.5) is 0 Å². The molecule has 0 spiro atoms. The van der Waals surface area contributed by atoms with E-state index in [0.717, 1.165) is 45.1 Å². The molecule has 2 rings (SSSR count). The quantitative estimate of drug-likeness (QED) is 0.495. The Bertz CT molecular complexity index is 630. The topological polar surface area (TPSA) is 99.5 Å². The van der Waals surface area contributed by atoms with Gasteiger partial charge in [0.1, 0.15) is 12.4 Å². The highest BCUT2D eigenvalue weighted by atomic mass is 16.5. The third kappa shape index (κ3) is 10.8. The third-order valence-corrected chi connectivity index (χ3v) is 4.57. The standard InChI is InChI=1S/C19H32N2O2.C2H2O4/c1-16(2)18-13-17(3)14-19(15-18)23-12-11-22-10-9-21-7-5-20(4)6-8-21;3-1(4)2(5)6/h13-16H,5-12H2,1-4H3;(H,3,4)(H,5,6). The van der Waals surface area contributed by atoms with Crippen LogP contribution in [-0.4, -0.2) is 91.5 Å². The Balaban J connectivity index is 0.000000612. The van der Waals surface area contributed by atoms with Crippen molar-refractivity contribution in [2.24, 2.45) is 0 Å². The molecule has 1 saturated heterocycles. The van der Waals surface area contributed by atoms with Gasteiger partial charge in [0.25, 0.3) is 0 Å². The molecule has 1 aliphatic rings. The minimum atomic E-state index is -1.82. The summed E-state index contributed by atoms with van der Waals surface area (Å²) in [6, 6.07) is 6.46. The van der Waals surface area contributed by atoms with Gasteiger partial charge in [-0.3, -0.25) is 4.90 Å². The normalized spacial score (nSPS) is 14.9. The third-order valence-electron chi connectivity index (χ3n) is 4.57. The fraction of sp³-hybridized carbons (Fsp3) is 0.619. The van der Waals surface area contributed by atoms with Crippen LogP contribution in [0.25, 0.3) is 0 Å². The molecule has 0 unspecified atom stereocenters. The number of hydrogen-bond donors (Lipinski definition) is 2. The lowest BCUT2D eigenvalue weighted by Gasteiger charge is -2.32. The van der Waals surface area contributed by atoms with Crippen LogP contribution in [0.5, 0.6) is 5.75 Å². The lowest BCUT2D eigenvalue weighted by Crippen LogP contribution is -2.45. The van der Waals surface area contributed by atoms with Crippen molar-refractivity contribution in [2.75, 3.05) is 59.6 Å². The molecule has 164 valence electrons. The summed E-state index contributed by atoms with van der Waals surface area (Å²) in [4.78, 5) is 23.0. The molecule has 0 aliphatic carbocycles. The second kappa shape index (κ2) is 13.1. The van der Waals surface area contributed by atoms with E-state index >= 15 is 0 Å². The Hall–Kier alpha value is -2.16. The summed E-state index contributed by atoms with van der Waals surface area (Å²) in [6.07, 6.45) is 0. The van der Waals surface area contributed by atoms with E-state index in [1.54, 1.807) is 0 Å².